The second-order valence-corrected chi connectivity index (χ2v) is 13.7. The third kappa shape index (κ3) is 9.70. The van der Waals surface area contributed by atoms with Gasteiger partial charge in [0, 0.05) is 4.48 Å². The first-order valence-corrected chi connectivity index (χ1v) is 11.8. The molecule has 1 nitrogen and oxygen atoms in total. The van der Waals surface area contributed by atoms with Crippen LogP contribution in [0, 0.1) is 5.92 Å². The summed E-state index contributed by atoms with van der Waals surface area (Å²) in [7, 11) is -1.64. The van der Waals surface area contributed by atoms with Crippen LogP contribution in [-0.4, -0.2) is 14.9 Å². The molecule has 0 aliphatic rings. The second-order valence-electron chi connectivity index (χ2n) is 7.90. The maximum atomic E-state index is 6.21. The summed E-state index contributed by atoms with van der Waals surface area (Å²) in [6, 6.07) is 0. The highest BCUT2D eigenvalue weighted by Gasteiger charge is 2.37. The Balaban J connectivity index is 4.17. The zero-order valence-corrected chi connectivity index (χ0v) is 17.9. The minimum atomic E-state index is -1.64. The molecule has 0 radical (unpaired) electrons. The SMILES string of the molecule is CC(C)=CCCC(C)C/C=C(/Br)CO[Si](C)(C)C(C)(C)C. The molecule has 1 atom stereocenters. The lowest BCUT2D eigenvalue weighted by molar-refractivity contribution is 0.325. The number of halogens is 1. The molecule has 0 heterocycles. The fraction of sp³-hybridized carbons (Fsp3) is 0.778. The second kappa shape index (κ2) is 9.31. The van der Waals surface area contributed by atoms with E-state index in [0.717, 1.165) is 18.9 Å². The minimum Gasteiger partial charge on any atom is -0.412 e. The zero-order valence-electron chi connectivity index (χ0n) is 15.3. The van der Waals surface area contributed by atoms with Crippen LogP contribution in [0.5, 0.6) is 0 Å². The Hall–Kier alpha value is 0.137. The lowest BCUT2D eigenvalue weighted by Gasteiger charge is -2.36. The molecule has 0 saturated carbocycles. The molecule has 21 heavy (non-hydrogen) atoms. The van der Waals surface area contributed by atoms with E-state index < -0.39 is 8.32 Å². The van der Waals surface area contributed by atoms with Crippen molar-refractivity contribution in [2.24, 2.45) is 5.92 Å². The molecule has 0 fully saturated rings. The molecular weight excluding hydrogens is 340 g/mol. The molecule has 0 rings (SSSR count). The first-order valence-electron chi connectivity index (χ1n) is 8.07. The highest BCUT2D eigenvalue weighted by molar-refractivity contribution is 9.11. The number of hydrogen-bond donors (Lipinski definition) is 0. The highest BCUT2D eigenvalue weighted by Crippen LogP contribution is 2.37. The molecule has 0 aliphatic heterocycles. The summed E-state index contributed by atoms with van der Waals surface area (Å²) in [6.07, 6.45) is 8.19. The molecule has 0 amide bonds. The Morgan fingerprint density at radius 1 is 1.19 bits per heavy atom. The van der Waals surface area contributed by atoms with Gasteiger partial charge in [0.1, 0.15) is 0 Å². The van der Waals surface area contributed by atoms with Crippen molar-refractivity contribution in [3.05, 3.63) is 22.2 Å². The molecular formula is C18H35BrOSi. The Bertz CT molecular complexity index is 360. The first kappa shape index (κ1) is 21.1. The normalized spacial score (nSPS) is 15.0. The topological polar surface area (TPSA) is 9.23 Å². The lowest BCUT2D eigenvalue weighted by atomic mass is 10.0. The van der Waals surface area contributed by atoms with Gasteiger partial charge in [0.05, 0.1) is 6.61 Å². The van der Waals surface area contributed by atoms with Crippen molar-refractivity contribution < 1.29 is 4.43 Å². The minimum absolute atomic E-state index is 0.276. The van der Waals surface area contributed by atoms with E-state index in [1.54, 1.807) is 0 Å². The maximum Gasteiger partial charge on any atom is 0.192 e. The van der Waals surface area contributed by atoms with Crippen LogP contribution >= 0.6 is 15.9 Å². The molecule has 1 unspecified atom stereocenters. The fourth-order valence-electron chi connectivity index (χ4n) is 1.63. The zero-order chi connectivity index (χ0) is 16.7. The van der Waals surface area contributed by atoms with Gasteiger partial charge in [-0.25, -0.2) is 0 Å². The Morgan fingerprint density at radius 3 is 2.24 bits per heavy atom. The van der Waals surface area contributed by atoms with Gasteiger partial charge in [0.15, 0.2) is 8.32 Å². The van der Waals surface area contributed by atoms with Crippen molar-refractivity contribution in [3.63, 3.8) is 0 Å². The summed E-state index contributed by atoms with van der Waals surface area (Å²) in [6.45, 7) is 18.8. The van der Waals surface area contributed by atoms with E-state index in [2.05, 4.69) is 82.7 Å². The van der Waals surface area contributed by atoms with Crippen molar-refractivity contribution in [1.29, 1.82) is 0 Å². The van der Waals surface area contributed by atoms with Crippen LogP contribution in [0.25, 0.3) is 0 Å². The standard InChI is InChI=1S/C18H35BrOSi/c1-15(2)10-9-11-16(3)12-13-17(19)14-20-21(7,8)18(4,5)6/h10,13,16H,9,11-12,14H2,1-8H3/b17-13+. The molecule has 0 bridgehead atoms. The molecule has 0 aliphatic carbocycles. The Kier molecular flexibility index (Phi) is 9.38. The van der Waals surface area contributed by atoms with E-state index in [9.17, 15) is 0 Å². The largest absolute Gasteiger partial charge is 0.412 e. The van der Waals surface area contributed by atoms with Crippen LogP contribution in [0.15, 0.2) is 22.2 Å². The average molecular weight is 375 g/mol. The Morgan fingerprint density at radius 2 is 1.76 bits per heavy atom. The van der Waals surface area contributed by atoms with Crippen molar-refractivity contribution in [2.75, 3.05) is 6.61 Å². The molecule has 3 heteroatoms. The van der Waals surface area contributed by atoms with Gasteiger partial charge in [-0.1, -0.05) is 61.4 Å². The molecule has 0 N–H and O–H groups in total. The number of rotatable bonds is 8. The van der Waals surface area contributed by atoms with E-state index in [4.69, 9.17) is 4.43 Å². The molecule has 0 aromatic carbocycles. The van der Waals surface area contributed by atoms with Crippen LogP contribution < -0.4 is 0 Å². The quantitative estimate of drug-likeness (QED) is 0.326. The van der Waals surface area contributed by atoms with Gasteiger partial charge in [-0.3, -0.25) is 0 Å². The molecule has 124 valence electrons. The average Bonchev–Trinajstić information content (AvgIpc) is 2.32. The summed E-state index contributed by atoms with van der Waals surface area (Å²) in [5.74, 6) is 0.723. The van der Waals surface area contributed by atoms with Gasteiger partial charge in [-0.15, -0.1) is 0 Å². The molecule has 0 aromatic rings. The third-order valence-corrected chi connectivity index (χ3v) is 9.36. The molecule has 0 aromatic heterocycles. The van der Waals surface area contributed by atoms with Crippen molar-refractivity contribution >= 4 is 24.2 Å². The van der Waals surface area contributed by atoms with E-state index in [1.807, 2.05) is 0 Å². The fourth-order valence-corrected chi connectivity index (χ4v) is 3.09. The van der Waals surface area contributed by atoms with E-state index in [-0.39, 0.29) is 5.04 Å². The molecule has 0 saturated heterocycles. The first-order chi connectivity index (χ1) is 9.45. The molecule has 0 spiro atoms. The van der Waals surface area contributed by atoms with Crippen molar-refractivity contribution in [3.8, 4) is 0 Å². The summed E-state index contributed by atoms with van der Waals surface area (Å²) >= 11 is 3.66. The predicted octanol–water partition coefficient (Wildman–Crippen LogP) is 7.06. The van der Waals surface area contributed by atoms with Crippen LogP contribution in [0.2, 0.25) is 18.1 Å². The summed E-state index contributed by atoms with van der Waals surface area (Å²) in [5.41, 5.74) is 1.42. The van der Waals surface area contributed by atoms with E-state index in [0.29, 0.717) is 0 Å². The monoisotopic (exact) mass is 374 g/mol. The maximum absolute atomic E-state index is 6.21. The summed E-state index contributed by atoms with van der Waals surface area (Å²) < 4.78 is 7.41. The predicted molar refractivity (Wildman–Crippen MR) is 103 cm³/mol. The van der Waals surface area contributed by atoms with Gasteiger partial charge in [-0.05, 0) is 57.2 Å². The van der Waals surface area contributed by atoms with Crippen LogP contribution in [-0.2, 0) is 4.43 Å². The van der Waals surface area contributed by atoms with E-state index >= 15 is 0 Å². The highest BCUT2D eigenvalue weighted by atomic mass is 79.9. The summed E-state index contributed by atoms with van der Waals surface area (Å²) in [4.78, 5) is 0. The van der Waals surface area contributed by atoms with Gasteiger partial charge >= 0.3 is 0 Å². The van der Waals surface area contributed by atoms with Crippen molar-refractivity contribution in [1.82, 2.24) is 0 Å². The van der Waals surface area contributed by atoms with Crippen LogP contribution in [0.1, 0.15) is 60.8 Å². The Labute approximate surface area is 142 Å². The van der Waals surface area contributed by atoms with Crippen LogP contribution in [0.4, 0.5) is 0 Å². The summed E-state index contributed by atoms with van der Waals surface area (Å²) in [5, 5.41) is 0.276. The van der Waals surface area contributed by atoms with Gasteiger partial charge in [-0.2, -0.15) is 0 Å². The van der Waals surface area contributed by atoms with Gasteiger partial charge < -0.3 is 4.43 Å². The number of allylic oxidation sites excluding steroid dienone is 3. The van der Waals surface area contributed by atoms with E-state index in [1.165, 1.54) is 22.9 Å². The third-order valence-electron chi connectivity index (χ3n) is 4.33. The number of hydrogen-bond acceptors (Lipinski definition) is 1. The van der Waals surface area contributed by atoms with Crippen LogP contribution in [0.3, 0.4) is 0 Å². The smallest absolute Gasteiger partial charge is 0.192 e. The van der Waals surface area contributed by atoms with Gasteiger partial charge in [0.25, 0.3) is 0 Å². The van der Waals surface area contributed by atoms with Gasteiger partial charge in [0.2, 0.25) is 0 Å². The van der Waals surface area contributed by atoms with Crippen molar-refractivity contribution in [2.45, 2.75) is 78.9 Å². The lowest BCUT2D eigenvalue weighted by Crippen LogP contribution is -2.41.